The van der Waals surface area contributed by atoms with Crippen molar-refractivity contribution in [1.29, 1.82) is 0 Å². The lowest BCUT2D eigenvalue weighted by Crippen LogP contribution is -2.21. The van der Waals surface area contributed by atoms with Crippen molar-refractivity contribution in [2.45, 2.75) is 38.8 Å². The van der Waals surface area contributed by atoms with Gasteiger partial charge in [-0.3, -0.25) is 4.98 Å². The summed E-state index contributed by atoms with van der Waals surface area (Å²) in [5, 5.41) is 0. The van der Waals surface area contributed by atoms with Gasteiger partial charge in [-0.05, 0) is 31.0 Å². The molecule has 2 N–H and O–H groups in total. The van der Waals surface area contributed by atoms with Crippen LogP contribution < -0.4 is 10.5 Å². The Morgan fingerprint density at radius 1 is 1.15 bits per heavy atom. The summed E-state index contributed by atoms with van der Waals surface area (Å²) >= 11 is 0. The first-order valence-corrected chi connectivity index (χ1v) is 7.11. The number of aromatic nitrogens is 1. The normalized spacial score (nSPS) is 13.8. The summed E-state index contributed by atoms with van der Waals surface area (Å²) in [5.41, 5.74) is 8.10. The molecular weight excluding hydrogens is 248 g/mol. The van der Waals surface area contributed by atoms with Gasteiger partial charge in [0.05, 0.1) is 6.20 Å². The van der Waals surface area contributed by atoms with E-state index in [1.54, 1.807) is 6.20 Å². The predicted molar refractivity (Wildman–Crippen MR) is 81.7 cm³/mol. The zero-order valence-electron chi connectivity index (χ0n) is 12.1. The standard InChI is InChI=1S/C17H22N2O/c1-3-15(18)11-16-9-10-17(12-19-16)20-13(2)14-7-5-4-6-8-14/h4-10,12-13,15H,3,11,18H2,1-2H3. The summed E-state index contributed by atoms with van der Waals surface area (Å²) < 4.78 is 5.89. The molecule has 0 radical (unpaired) electrons. The second-order valence-electron chi connectivity index (χ2n) is 5.03. The Bertz CT molecular complexity index is 510. The fraction of sp³-hybridized carbons (Fsp3) is 0.353. The van der Waals surface area contributed by atoms with Gasteiger partial charge in [0.15, 0.2) is 0 Å². The molecule has 0 amide bonds. The summed E-state index contributed by atoms with van der Waals surface area (Å²) in [7, 11) is 0. The van der Waals surface area contributed by atoms with Crippen LogP contribution >= 0.6 is 0 Å². The van der Waals surface area contributed by atoms with Crippen LogP contribution in [-0.2, 0) is 6.42 Å². The van der Waals surface area contributed by atoms with E-state index in [0.29, 0.717) is 0 Å². The Balaban J connectivity index is 1.97. The van der Waals surface area contributed by atoms with Gasteiger partial charge in [-0.2, -0.15) is 0 Å². The number of pyridine rings is 1. The Labute approximate surface area is 120 Å². The topological polar surface area (TPSA) is 48.1 Å². The molecule has 0 aliphatic carbocycles. The van der Waals surface area contributed by atoms with E-state index in [4.69, 9.17) is 10.5 Å². The van der Waals surface area contributed by atoms with Crippen LogP contribution in [0.1, 0.15) is 37.6 Å². The first-order chi connectivity index (χ1) is 9.69. The Hall–Kier alpha value is -1.87. The second kappa shape index (κ2) is 7.06. The molecule has 0 aliphatic rings. The van der Waals surface area contributed by atoms with Gasteiger partial charge in [-0.1, -0.05) is 37.3 Å². The number of rotatable bonds is 6. The van der Waals surface area contributed by atoms with E-state index in [9.17, 15) is 0 Å². The molecule has 2 rings (SSSR count). The third-order valence-electron chi connectivity index (χ3n) is 3.38. The zero-order valence-corrected chi connectivity index (χ0v) is 12.1. The van der Waals surface area contributed by atoms with Crippen LogP contribution in [0.4, 0.5) is 0 Å². The smallest absolute Gasteiger partial charge is 0.138 e. The summed E-state index contributed by atoms with van der Waals surface area (Å²) in [6.07, 6.45) is 3.56. The van der Waals surface area contributed by atoms with E-state index >= 15 is 0 Å². The van der Waals surface area contributed by atoms with Crippen molar-refractivity contribution >= 4 is 0 Å². The lowest BCUT2D eigenvalue weighted by Gasteiger charge is -2.15. The van der Waals surface area contributed by atoms with Crippen LogP contribution in [0.25, 0.3) is 0 Å². The van der Waals surface area contributed by atoms with Gasteiger partial charge < -0.3 is 10.5 Å². The Morgan fingerprint density at radius 3 is 2.50 bits per heavy atom. The van der Waals surface area contributed by atoms with Crippen LogP contribution in [0.3, 0.4) is 0 Å². The molecule has 1 aromatic carbocycles. The largest absolute Gasteiger partial charge is 0.484 e. The number of hydrogen-bond donors (Lipinski definition) is 1. The molecule has 3 nitrogen and oxygen atoms in total. The lowest BCUT2D eigenvalue weighted by atomic mass is 10.1. The number of ether oxygens (including phenoxy) is 1. The van der Waals surface area contributed by atoms with Crippen molar-refractivity contribution in [2.24, 2.45) is 5.73 Å². The maximum Gasteiger partial charge on any atom is 0.138 e. The highest BCUT2D eigenvalue weighted by atomic mass is 16.5. The fourth-order valence-corrected chi connectivity index (χ4v) is 2.01. The summed E-state index contributed by atoms with van der Waals surface area (Å²) in [4.78, 5) is 4.41. The van der Waals surface area contributed by atoms with Crippen molar-refractivity contribution in [3.63, 3.8) is 0 Å². The highest BCUT2D eigenvalue weighted by molar-refractivity contribution is 5.23. The third-order valence-corrected chi connectivity index (χ3v) is 3.38. The van der Waals surface area contributed by atoms with Crippen molar-refractivity contribution < 1.29 is 4.74 Å². The molecule has 0 aliphatic heterocycles. The maximum absolute atomic E-state index is 5.93. The minimum Gasteiger partial charge on any atom is -0.484 e. The molecule has 2 unspecified atom stereocenters. The van der Waals surface area contributed by atoms with Crippen LogP contribution in [0.2, 0.25) is 0 Å². The van der Waals surface area contributed by atoms with Gasteiger partial charge in [0.1, 0.15) is 11.9 Å². The van der Waals surface area contributed by atoms with Gasteiger partial charge >= 0.3 is 0 Å². The first kappa shape index (κ1) is 14.5. The molecular formula is C17H22N2O. The van der Waals surface area contributed by atoms with Crippen molar-refractivity contribution in [3.05, 3.63) is 59.9 Å². The van der Waals surface area contributed by atoms with Gasteiger partial charge in [0.25, 0.3) is 0 Å². The Kier molecular flexibility index (Phi) is 5.13. The molecule has 0 fully saturated rings. The third kappa shape index (κ3) is 4.07. The van der Waals surface area contributed by atoms with Gasteiger partial charge in [0.2, 0.25) is 0 Å². The molecule has 3 heteroatoms. The predicted octanol–water partition coefficient (Wildman–Crippen LogP) is 3.50. The second-order valence-corrected chi connectivity index (χ2v) is 5.03. The highest BCUT2D eigenvalue weighted by Crippen LogP contribution is 2.21. The van der Waals surface area contributed by atoms with Crippen molar-refractivity contribution in [1.82, 2.24) is 4.98 Å². The molecule has 2 atom stereocenters. The molecule has 0 saturated carbocycles. The number of nitrogens with two attached hydrogens (primary N) is 1. The number of benzene rings is 1. The van der Waals surface area contributed by atoms with Crippen molar-refractivity contribution in [2.75, 3.05) is 0 Å². The summed E-state index contributed by atoms with van der Waals surface area (Å²) in [6.45, 7) is 4.12. The molecule has 2 aromatic rings. The average molecular weight is 270 g/mol. The highest BCUT2D eigenvalue weighted by Gasteiger charge is 2.07. The van der Waals surface area contributed by atoms with Crippen molar-refractivity contribution in [3.8, 4) is 5.75 Å². The summed E-state index contributed by atoms with van der Waals surface area (Å²) in [5.74, 6) is 0.787. The molecule has 20 heavy (non-hydrogen) atoms. The fourth-order valence-electron chi connectivity index (χ4n) is 2.01. The van der Waals surface area contributed by atoms with E-state index in [1.807, 2.05) is 37.3 Å². The minimum atomic E-state index is 0.0155. The van der Waals surface area contributed by atoms with Gasteiger partial charge in [0, 0.05) is 18.2 Å². The average Bonchev–Trinajstić information content (AvgIpc) is 2.50. The van der Waals surface area contributed by atoms with E-state index < -0.39 is 0 Å². The van der Waals surface area contributed by atoms with Gasteiger partial charge in [-0.25, -0.2) is 0 Å². The molecule has 106 valence electrons. The monoisotopic (exact) mass is 270 g/mol. The molecule has 0 bridgehead atoms. The number of hydrogen-bond acceptors (Lipinski definition) is 3. The SMILES string of the molecule is CCC(N)Cc1ccc(OC(C)c2ccccc2)cn1. The van der Waals surface area contributed by atoms with Crippen LogP contribution in [-0.4, -0.2) is 11.0 Å². The van der Waals surface area contributed by atoms with Crippen LogP contribution in [0.5, 0.6) is 5.75 Å². The zero-order chi connectivity index (χ0) is 14.4. The summed E-state index contributed by atoms with van der Waals surface area (Å²) in [6, 6.07) is 14.3. The van der Waals surface area contributed by atoms with E-state index in [1.165, 1.54) is 0 Å². The molecule has 0 saturated heterocycles. The van der Waals surface area contributed by atoms with Crippen LogP contribution in [0, 0.1) is 0 Å². The van der Waals surface area contributed by atoms with Gasteiger partial charge in [-0.15, -0.1) is 0 Å². The maximum atomic E-state index is 5.93. The van der Waals surface area contributed by atoms with Crippen LogP contribution in [0.15, 0.2) is 48.7 Å². The molecule has 1 aromatic heterocycles. The molecule has 1 heterocycles. The minimum absolute atomic E-state index is 0.0155. The quantitative estimate of drug-likeness (QED) is 0.874. The first-order valence-electron chi connectivity index (χ1n) is 7.11. The van der Waals surface area contributed by atoms with E-state index in [0.717, 1.165) is 29.8 Å². The lowest BCUT2D eigenvalue weighted by molar-refractivity contribution is 0.226. The van der Waals surface area contributed by atoms with E-state index in [-0.39, 0.29) is 12.1 Å². The molecule has 0 spiro atoms. The number of nitrogens with zero attached hydrogens (tertiary/aromatic N) is 1. The van der Waals surface area contributed by atoms with E-state index in [2.05, 4.69) is 24.0 Å². The Morgan fingerprint density at radius 2 is 1.90 bits per heavy atom.